The molecule has 0 saturated heterocycles. The van der Waals surface area contributed by atoms with Crippen molar-refractivity contribution in [1.82, 2.24) is 14.9 Å². The normalized spacial score (nSPS) is 16.3. The lowest BCUT2D eigenvalue weighted by Gasteiger charge is -2.16. The summed E-state index contributed by atoms with van der Waals surface area (Å²) in [6.07, 6.45) is 4.58. The van der Waals surface area contributed by atoms with Crippen LogP contribution in [0.3, 0.4) is 0 Å². The second-order valence-corrected chi connectivity index (χ2v) is 7.46. The van der Waals surface area contributed by atoms with E-state index < -0.39 is 17.9 Å². The van der Waals surface area contributed by atoms with Gasteiger partial charge in [0.25, 0.3) is 5.91 Å². The van der Waals surface area contributed by atoms with Crippen LogP contribution in [0.1, 0.15) is 62.4 Å². The molecule has 7 heteroatoms. The lowest BCUT2D eigenvalue weighted by Crippen LogP contribution is -2.41. The maximum atomic E-state index is 12.5. The van der Waals surface area contributed by atoms with E-state index in [9.17, 15) is 19.5 Å². The number of carbonyl (C=O) groups is 2. The van der Waals surface area contributed by atoms with Gasteiger partial charge in [0.1, 0.15) is 6.04 Å². The molecule has 0 bridgehead atoms. The van der Waals surface area contributed by atoms with E-state index in [4.69, 9.17) is 0 Å². The molecule has 3 rings (SSSR count). The van der Waals surface area contributed by atoms with Crippen LogP contribution in [0.15, 0.2) is 23.0 Å². The highest BCUT2D eigenvalue weighted by molar-refractivity contribution is 5.99. The van der Waals surface area contributed by atoms with E-state index in [0.717, 1.165) is 31.2 Å². The van der Waals surface area contributed by atoms with Crippen LogP contribution in [-0.4, -0.2) is 32.6 Å². The number of carboxylic acid groups (broad SMARTS) is 1. The van der Waals surface area contributed by atoms with Gasteiger partial charge in [-0.05, 0) is 43.4 Å². The number of aromatic nitrogens is 2. The van der Waals surface area contributed by atoms with E-state index >= 15 is 0 Å². The molecule has 140 valence electrons. The number of amides is 1. The molecule has 0 aliphatic heterocycles. The number of nitrogens with zero attached hydrogens (tertiary/aromatic N) is 1. The van der Waals surface area contributed by atoms with Crippen LogP contribution in [0.25, 0.3) is 11.0 Å². The molecule has 1 aliphatic rings. The number of benzene rings is 1. The summed E-state index contributed by atoms with van der Waals surface area (Å²) in [5, 5.41) is 11.9. The van der Waals surface area contributed by atoms with Crippen molar-refractivity contribution in [3.05, 3.63) is 34.2 Å². The number of nitrogens with one attached hydrogen (secondary N) is 2. The zero-order chi connectivity index (χ0) is 18.8. The van der Waals surface area contributed by atoms with Crippen molar-refractivity contribution in [3.8, 4) is 0 Å². The first kappa shape index (κ1) is 18.2. The van der Waals surface area contributed by atoms with Crippen LogP contribution >= 0.6 is 0 Å². The summed E-state index contributed by atoms with van der Waals surface area (Å²) < 4.78 is 1.78. The van der Waals surface area contributed by atoms with Crippen molar-refractivity contribution in [2.75, 3.05) is 0 Å². The monoisotopic (exact) mass is 359 g/mol. The van der Waals surface area contributed by atoms with Gasteiger partial charge >= 0.3 is 11.7 Å². The second kappa shape index (κ2) is 7.35. The number of imidazole rings is 1. The number of aromatic amines is 1. The van der Waals surface area contributed by atoms with Crippen molar-refractivity contribution >= 4 is 22.9 Å². The number of rotatable bonds is 6. The maximum absolute atomic E-state index is 12.5. The zero-order valence-electron chi connectivity index (χ0n) is 15.1. The Hall–Kier alpha value is -2.57. The number of fused-ring (bicyclic) bond motifs is 1. The van der Waals surface area contributed by atoms with Gasteiger partial charge in [-0.2, -0.15) is 0 Å². The number of carboxylic acids is 1. The van der Waals surface area contributed by atoms with E-state index in [0.29, 0.717) is 17.5 Å². The van der Waals surface area contributed by atoms with Gasteiger partial charge in [0.05, 0.1) is 11.0 Å². The molecule has 0 unspecified atom stereocenters. The van der Waals surface area contributed by atoms with Gasteiger partial charge in [0, 0.05) is 11.6 Å². The van der Waals surface area contributed by atoms with Crippen molar-refractivity contribution in [1.29, 1.82) is 0 Å². The fraction of sp³-hybridized carbons (Fsp3) is 0.526. The summed E-state index contributed by atoms with van der Waals surface area (Å²) in [7, 11) is 0. The highest BCUT2D eigenvalue weighted by Gasteiger charge is 2.24. The first-order valence-corrected chi connectivity index (χ1v) is 9.14. The standard InChI is InChI=1S/C19H25N3O4/c1-11(2)9-15(18(24)25)20-17(23)12-7-8-16-14(10-12)21-19(26)22(16)13-5-3-4-6-13/h7-8,10-11,13,15H,3-6,9H2,1-2H3,(H,20,23)(H,21,26)(H,24,25)/t15-/m1/s1. The number of aliphatic carboxylic acids is 1. The Balaban J connectivity index is 1.86. The molecular weight excluding hydrogens is 334 g/mol. The topological polar surface area (TPSA) is 104 Å². The van der Waals surface area contributed by atoms with Crippen LogP contribution in [-0.2, 0) is 4.79 Å². The van der Waals surface area contributed by atoms with Crippen LogP contribution in [0.2, 0.25) is 0 Å². The third kappa shape index (κ3) is 3.66. The van der Waals surface area contributed by atoms with Crippen molar-refractivity contribution in [3.63, 3.8) is 0 Å². The number of hydrogen-bond donors (Lipinski definition) is 3. The minimum Gasteiger partial charge on any atom is -0.480 e. The van der Waals surface area contributed by atoms with Gasteiger partial charge < -0.3 is 15.4 Å². The van der Waals surface area contributed by atoms with E-state index in [1.807, 2.05) is 13.8 Å². The molecule has 1 aliphatic carbocycles. The summed E-state index contributed by atoms with van der Waals surface area (Å²) in [6.45, 7) is 3.81. The molecule has 7 nitrogen and oxygen atoms in total. The first-order chi connectivity index (χ1) is 12.4. The fourth-order valence-electron chi connectivity index (χ4n) is 3.73. The summed E-state index contributed by atoms with van der Waals surface area (Å²) in [6, 6.07) is 4.30. The quantitative estimate of drug-likeness (QED) is 0.737. The Morgan fingerprint density at radius 1 is 1.31 bits per heavy atom. The molecule has 3 N–H and O–H groups in total. The Kier molecular flexibility index (Phi) is 5.15. The zero-order valence-corrected chi connectivity index (χ0v) is 15.1. The minimum absolute atomic E-state index is 0.149. The Labute approximate surface area is 151 Å². The molecule has 1 aromatic carbocycles. The van der Waals surface area contributed by atoms with Crippen molar-refractivity contribution in [2.24, 2.45) is 5.92 Å². The van der Waals surface area contributed by atoms with Crippen molar-refractivity contribution in [2.45, 2.75) is 58.0 Å². The summed E-state index contributed by atoms with van der Waals surface area (Å²) >= 11 is 0. The highest BCUT2D eigenvalue weighted by Crippen LogP contribution is 2.30. The lowest BCUT2D eigenvalue weighted by atomic mass is 10.0. The molecule has 1 amide bonds. The van der Waals surface area contributed by atoms with Gasteiger partial charge in [-0.1, -0.05) is 26.7 Å². The molecule has 2 aromatic rings. The van der Waals surface area contributed by atoms with Gasteiger partial charge in [-0.15, -0.1) is 0 Å². The summed E-state index contributed by atoms with van der Waals surface area (Å²) in [5.41, 5.74) is 1.57. The average Bonchev–Trinajstić information content (AvgIpc) is 3.19. The molecule has 0 radical (unpaired) electrons. The van der Waals surface area contributed by atoms with Crippen LogP contribution in [0.5, 0.6) is 0 Å². The summed E-state index contributed by atoms with van der Waals surface area (Å²) in [4.78, 5) is 38.9. The van der Waals surface area contributed by atoms with Gasteiger partial charge in [-0.3, -0.25) is 9.36 Å². The van der Waals surface area contributed by atoms with E-state index in [-0.39, 0.29) is 17.6 Å². The Bertz CT molecular complexity index is 875. The number of carbonyl (C=O) groups excluding carboxylic acids is 1. The van der Waals surface area contributed by atoms with E-state index in [2.05, 4.69) is 10.3 Å². The molecule has 1 saturated carbocycles. The average molecular weight is 359 g/mol. The second-order valence-electron chi connectivity index (χ2n) is 7.46. The molecular formula is C19H25N3O4. The largest absolute Gasteiger partial charge is 0.480 e. The van der Waals surface area contributed by atoms with E-state index in [1.54, 1.807) is 22.8 Å². The third-order valence-electron chi connectivity index (χ3n) is 4.98. The SMILES string of the molecule is CC(C)C[C@@H](NC(=O)c1ccc2c(c1)[nH]c(=O)n2C1CCCC1)C(=O)O. The fourth-order valence-corrected chi connectivity index (χ4v) is 3.73. The third-order valence-corrected chi connectivity index (χ3v) is 4.98. The molecule has 26 heavy (non-hydrogen) atoms. The van der Waals surface area contributed by atoms with Crippen molar-refractivity contribution < 1.29 is 14.7 Å². The molecule has 1 fully saturated rings. The van der Waals surface area contributed by atoms with Crippen LogP contribution < -0.4 is 11.0 Å². The first-order valence-electron chi connectivity index (χ1n) is 9.14. The molecule has 1 heterocycles. The predicted molar refractivity (Wildman–Crippen MR) is 98.4 cm³/mol. The van der Waals surface area contributed by atoms with E-state index in [1.165, 1.54) is 0 Å². The number of H-pyrrole nitrogens is 1. The molecule has 1 atom stereocenters. The Morgan fingerprint density at radius 2 is 2.00 bits per heavy atom. The lowest BCUT2D eigenvalue weighted by molar-refractivity contribution is -0.139. The molecule has 1 aromatic heterocycles. The smallest absolute Gasteiger partial charge is 0.326 e. The minimum atomic E-state index is -1.05. The molecule has 0 spiro atoms. The van der Waals surface area contributed by atoms with Gasteiger partial charge in [0.15, 0.2) is 0 Å². The van der Waals surface area contributed by atoms with Crippen LogP contribution in [0, 0.1) is 5.92 Å². The highest BCUT2D eigenvalue weighted by atomic mass is 16.4. The number of hydrogen-bond acceptors (Lipinski definition) is 3. The predicted octanol–water partition coefficient (Wildman–Crippen LogP) is 2.67. The van der Waals surface area contributed by atoms with Gasteiger partial charge in [-0.25, -0.2) is 9.59 Å². The van der Waals surface area contributed by atoms with Gasteiger partial charge in [0.2, 0.25) is 0 Å². The Morgan fingerprint density at radius 3 is 2.62 bits per heavy atom. The summed E-state index contributed by atoms with van der Waals surface area (Å²) in [5.74, 6) is -1.35. The maximum Gasteiger partial charge on any atom is 0.326 e. The van der Waals surface area contributed by atoms with Crippen LogP contribution in [0.4, 0.5) is 0 Å².